The molecule has 0 aromatic heterocycles. The largest absolute Gasteiger partial charge is 0.324 e. The van der Waals surface area contributed by atoms with Crippen LogP contribution in [-0.4, -0.2) is 0 Å². The summed E-state index contributed by atoms with van der Waals surface area (Å²) >= 11 is 5.77. The maximum atomic E-state index is 13.5. The normalized spacial score (nSPS) is 12.5. The molecule has 2 rings (SSSR count). The van der Waals surface area contributed by atoms with Gasteiger partial charge in [0.2, 0.25) is 0 Å². The van der Waals surface area contributed by atoms with Crippen LogP contribution >= 0.6 is 11.6 Å². The van der Waals surface area contributed by atoms with Crippen molar-refractivity contribution < 1.29 is 13.2 Å². The standard InChI is InChI=1S/C14H11ClF3N/c15-10-1-2-13(18)8(3-10)6-14(19)9-4-11(16)7-12(17)5-9/h1-5,7,14H,6,19H2. The molecule has 0 aliphatic carbocycles. The number of hydrogen-bond acceptors (Lipinski definition) is 1. The van der Waals surface area contributed by atoms with E-state index in [4.69, 9.17) is 17.3 Å². The van der Waals surface area contributed by atoms with Crippen molar-refractivity contribution in [3.05, 3.63) is 70.0 Å². The Hall–Kier alpha value is -1.52. The minimum absolute atomic E-state index is 0.106. The summed E-state index contributed by atoms with van der Waals surface area (Å²) in [5.41, 5.74) is 6.43. The third-order valence-electron chi connectivity index (χ3n) is 2.76. The molecule has 5 heteroatoms. The van der Waals surface area contributed by atoms with Gasteiger partial charge in [-0.3, -0.25) is 0 Å². The maximum Gasteiger partial charge on any atom is 0.126 e. The summed E-state index contributed by atoms with van der Waals surface area (Å²) in [6.07, 6.45) is 0.106. The zero-order valence-corrected chi connectivity index (χ0v) is 10.6. The summed E-state index contributed by atoms with van der Waals surface area (Å²) in [5, 5.41) is 0.383. The van der Waals surface area contributed by atoms with Gasteiger partial charge in [0, 0.05) is 17.1 Å². The highest BCUT2D eigenvalue weighted by Crippen LogP contribution is 2.22. The van der Waals surface area contributed by atoms with Crippen molar-refractivity contribution in [2.75, 3.05) is 0 Å². The topological polar surface area (TPSA) is 26.0 Å². The van der Waals surface area contributed by atoms with E-state index in [1.54, 1.807) is 0 Å². The van der Waals surface area contributed by atoms with Crippen LogP contribution in [0.2, 0.25) is 5.02 Å². The summed E-state index contributed by atoms with van der Waals surface area (Å²) in [7, 11) is 0. The van der Waals surface area contributed by atoms with Gasteiger partial charge in [-0.25, -0.2) is 13.2 Å². The van der Waals surface area contributed by atoms with Gasteiger partial charge in [0.05, 0.1) is 0 Å². The SMILES string of the molecule is NC(Cc1cc(Cl)ccc1F)c1cc(F)cc(F)c1. The molecular formula is C14H11ClF3N. The molecule has 0 bridgehead atoms. The Kier molecular flexibility index (Phi) is 4.12. The molecule has 0 fully saturated rings. The zero-order chi connectivity index (χ0) is 14.0. The van der Waals surface area contributed by atoms with Crippen molar-refractivity contribution in [2.45, 2.75) is 12.5 Å². The molecule has 2 aromatic carbocycles. The van der Waals surface area contributed by atoms with Gasteiger partial charge in [0.1, 0.15) is 17.5 Å². The molecule has 0 amide bonds. The third-order valence-corrected chi connectivity index (χ3v) is 3.00. The average Bonchev–Trinajstić information content (AvgIpc) is 2.32. The number of hydrogen-bond donors (Lipinski definition) is 1. The summed E-state index contributed by atoms with van der Waals surface area (Å²) in [4.78, 5) is 0. The van der Waals surface area contributed by atoms with Gasteiger partial charge in [0.25, 0.3) is 0 Å². The van der Waals surface area contributed by atoms with Crippen LogP contribution < -0.4 is 5.73 Å². The second kappa shape index (κ2) is 5.63. The molecule has 0 aliphatic heterocycles. The Morgan fingerprint density at radius 3 is 2.26 bits per heavy atom. The van der Waals surface area contributed by atoms with Crippen LogP contribution in [0.25, 0.3) is 0 Å². The van der Waals surface area contributed by atoms with Gasteiger partial charge in [0.15, 0.2) is 0 Å². The minimum atomic E-state index is -0.711. The van der Waals surface area contributed by atoms with E-state index in [-0.39, 0.29) is 12.0 Å². The van der Waals surface area contributed by atoms with E-state index in [0.717, 1.165) is 18.2 Å². The van der Waals surface area contributed by atoms with Gasteiger partial charge in [-0.15, -0.1) is 0 Å². The van der Waals surface area contributed by atoms with Crippen LogP contribution in [0.15, 0.2) is 36.4 Å². The molecule has 0 radical (unpaired) electrons. The first-order valence-electron chi connectivity index (χ1n) is 5.61. The summed E-state index contributed by atoms with van der Waals surface area (Å²) in [6, 6.07) is 6.43. The molecule has 2 aromatic rings. The predicted octanol–water partition coefficient (Wildman–Crippen LogP) is 4.00. The van der Waals surface area contributed by atoms with Crippen LogP contribution in [0, 0.1) is 17.5 Å². The second-order valence-corrected chi connectivity index (χ2v) is 4.69. The van der Waals surface area contributed by atoms with Gasteiger partial charge in [-0.2, -0.15) is 0 Å². The lowest BCUT2D eigenvalue weighted by atomic mass is 9.99. The molecule has 0 aliphatic rings. The van der Waals surface area contributed by atoms with Crippen molar-refractivity contribution >= 4 is 11.6 Å². The van der Waals surface area contributed by atoms with Crippen LogP contribution in [0.5, 0.6) is 0 Å². The van der Waals surface area contributed by atoms with Crippen molar-refractivity contribution in [3.63, 3.8) is 0 Å². The molecule has 0 saturated heterocycles. The molecular weight excluding hydrogens is 275 g/mol. The quantitative estimate of drug-likeness (QED) is 0.906. The molecule has 2 N–H and O–H groups in total. The lowest BCUT2D eigenvalue weighted by Crippen LogP contribution is -2.14. The van der Waals surface area contributed by atoms with Crippen LogP contribution in [0.3, 0.4) is 0 Å². The first-order chi connectivity index (χ1) is 8.95. The lowest BCUT2D eigenvalue weighted by molar-refractivity contribution is 0.567. The summed E-state index contributed by atoms with van der Waals surface area (Å²) in [6.45, 7) is 0. The minimum Gasteiger partial charge on any atom is -0.324 e. The van der Waals surface area contributed by atoms with Crippen LogP contribution in [-0.2, 0) is 6.42 Å². The molecule has 19 heavy (non-hydrogen) atoms. The van der Waals surface area contributed by atoms with Crippen molar-refractivity contribution in [2.24, 2.45) is 5.73 Å². The molecule has 1 nitrogen and oxygen atoms in total. The molecule has 1 unspecified atom stereocenters. The molecule has 1 atom stereocenters. The number of rotatable bonds is 3. The van der Waals surface area contributed by atoms with E-state index in [1.165, 1.54) is 18.2 Å². The average molecular weight is 286 g/mol. The highest BCUT2D eigenvalue weighted by molar-refractivity contribution is 6.30. The fourth-order valence-electron chi connectivity index (χ4n) is 1.84. The second-order valence-electron chi connectivity index (χ2n) is 4.25. The van der Waals surface area contributed by atoms with E-state index >= 15 is 0 Å². The number of benzene rings is 2. The zero-order valence-electron chi connectivity index (χ0n) is 9.84. The lowest BCUT2D eigenvalue weighted by Gasteiger charge is -2.13. The van der Waals surface area contributed by atoms with Gasteiger partial charge >= 0.3 is 0 Å². The van der Waals surface area contributed by atoms with Crippen molar-refractivity contribution in [1.82, 2.24) is 0 Å². The Labute approximate surface area is 113 Å². The third kappa shape index (κ3) is 3.49. The Morgan fingerprint density at radius 2 is 1.63 bits per heavy atom. The molecule has 0 saturated carbocycles. The predicted molar refractivity (Wildman–Crippen MR) is 68.4 cm³/mol. The van der Waals surface area contributed by atoms with Crippen molar-refractivity contribution in [3.8, 4) is 0 Å². The Bertz CT molecular complexity index is 581. The van der Waals surface area contributed by atoms with Crippen LogP contribution in [0.4, 0.5) is 13.2 Å². The first-order valence-corrected chi connectivity index (χ1v) is 5.99. The van der Waals surface area contributed by atoms with E-state index in [0.29, 0.717) is 10.6 Å². The number of nitrogens with two attached hydrogens (primary N) is 1. The van der Waals surface area contributed by atoms with Gasteiger partial charge in [-0.05, 0) is 47.9 Å². The molecule has 0 spiro atoms. The van der Waals surface area contributed by atoms with Crippen LogP contribution in [0.1, 0.15) is 17.2 Å². The smallest absolute Gasteiger partial charge is 0.126 e. The van der Waals surface area contributed by atoms with Gasteiger partial charge in [-0.1, -0.05) is 11.6 Å². The number of halogens is 4. The highest BCUT2D eigenvalue weighted by atomic mass is 35.5. The Balaban J connectivity index is 2.25. The van der Waals surface area contributed by atoms with E-state index in [1.807, 2.05) is 0 Å². The first kappa shape index (κ1) is 13.9. The summed E-state index contributed by atoms with van der Waals surface area (Å²) < 4.78 is 39.7. The summed E-state index contributed by atoms with van der Waals surface area (Å²) in [5.74, 6) is -1.87. The van der Waals surface area contributed by atoms with E-state index in [9.17, 15) is 13.2 Å². The fourth-order valence-corrected chi connectivity index (χ4v) is 2.04. The van der Waals surface area contributed by atoms with Crippen molar-refractivity contribution in [1.29, 1.82) is 0 Å². The maximum absolute atomic E-state index is 13.5. The highest BCUT2D eigenvalue weighted by Gasteiger charge is 2.13. The van der Waals surface area contributed by atoms with Gasteiger partial charge < -0.3 is 5.73 Å². The van der Waals surface area contributed by atoms with E-state index < -0.39 is 23.5 Å². The fraction of sp³-hybridized carbons (Fsp3) is 0.143. The Morgan fingerprint density at radius 1 is 1.00 bits per heavy atom. The molecule has 0 heterocycles. The monoisotopic (exact) mass is 285 g/mol. The molecule has 100 valence electrons. The van der Waals surface area contributed by atoms with E-state index in [2.05, 4.69) is 0 Å².